The first-order chi connectivity index (χ1) is 5.55. The van der Waals surface area contributed by atoms with Crippen LogP contribution in [0.3, 0.4) is 0 Å². The lowest BCUT2D eigenvalue weighted by molar-refractivity contribution is 0.195. The SMILES string of the molecule is BC(C)(CC)CC(C)C1CCC1. The molecular weight excluding hydrogens is 143 g/mol. The number of hydrogen-bond donors (Lipinski definition) is 0. The average Bonchev–Trinajstić information content (AvgIpc) is 1.82. The molecule has 0 N–H and O–H groups in total. The van der Waals surface area contributed by atoms with Gasteiger partial charge in [0.2, 0.25) is 0 Å². The van der Waals surface area contributed by atoms with Crippen LogP contribution in [0, 0.1) is 11.8 Å². The zero-order valence-corrected chi connectivity index (χ0v) is 9.19. The molecule has 0 amide bonds. The lowest BCUT2D eigenvalue weighted by atomic mass is 9.61. The second-order valence-electron chi connectivity index (χ2n) is 5.39. The van der Waals surface area contributed by atoms with Crippen molar-refractivity contribution in [2.24, 2.45) is 11.8 Å². The van der Waals surface area contributed by atoms with Crippen molar-refractivity contribution >= 4 is 7.85 Å². The highest BCUT2D eigenvalue weighted by atomic mass is 14.3. The summed E-state index contributed by atoms with van der Waals surface area (Å²) in [6.45, 7) is 7.16. The minimum atomic E-state index is 0.578. The highest BCUT2D eigenvalue weighted by Crippen LogP contribution is 2.42. The first-order valence-corrected chi connectivity index (χ1v) is 5.55. The molecule has 2 unspecified atom stereocenters. The van der Waals surface area contributed by atoms with Crippen molar-refractivity contribution in [3.8, 4) is 0 Å². The quantitative estimate of drug-likeness (QED) is 0.563. The molecule has 1 aliphatic rings. The van der Waals surface area contributed by atoms with Gasteiger partial charge in [-0.05, 0) is 11.8 Å². The molecule has 1 saturated carbocycles. The molecule has 0 bridgehead atoms. The maximum Gasteiger partial charge on any atom is 0.109 e. The Labute approximate surface area is 78.5 Å². The molecule has 1 aliphatic carbocycles. The summed E-state index contributed by atoms with van der Waals surface area (Å²) in [6.07, 6.45) is 7.24. The monoisotopic (exact) mass is 166 g/mol. The van der Waals surface area contributed by atoms with Crippen molar-refractivity contribution in [1.82, 2.24) is 0 Å². The Morgan fingerprint density at radius 3 is 2.42 bits per heavy atom. The van der Waals surface area contributed by atoms with E-state index in [1.165, 1.54) is 32.1 Å². The summed E-state index contributed by atoms with van der Waals surface area (Å²) in [6, 6.07) is 0. The summed E-state index contributed by atoms with van der Waals surface area (Å²) >= 11 is 0. The van der Waals surface area contributed by atoms with Crippen molar-refractivity contribution in [3.05, 3.63) is 0 Å². The van der Waals surface area contributed by atoms with Crippen LogP contribution in [0.5, 0.6) is 0 Å². The summed E-state index contributed by atoms with van der Waals surface area (Å²) in [5, 5.41) is 0.578. The molecule has 2 atom stereocenters. The molecule has 0 aliphatic heterocycles. The lowest BCUT2D eigenvalue weighted by Crippen LogP contribution is -2.23. The molecule has 0 saturated heterocycles. The molecule has 0 aromatic heterocycles. The van der Waals surface area contributed by atoms with Crippen LogP contribution in [-0.2, 0) is 0 Å². The van der Waals surface area contributed by atoms with Gasteiger partial charge in [0, 0.05) is 0 Å². The van der Waals surface area contributed by atoms with Gasteiger partial charge in [-0.25, -0.2) is 0 Å². The van der Waals surface area contributed by atoms with Gasteiger partial charge in [-0.15, -0.1) is 0 Å². The third-order valence-corrected chi connectivity index (χ3v) is 3.79. The van der Waals surface area contributed by atoms with E-state index in [2.05, 4.69) is 28.6 Å². The van der Waals surface area contributed by atoms with Gasteiger partial charge in [0.15, 0.2) is 0 Å². The van der Waals surface area contributed by atoms with Gasteiger partial charge >= 0.3 is 0 Å². The van der Waals surface area contributed by atoms with Gasteiger partial charge in [-0.3, -0.25) is 0 Å². The zero-order chi connectivity index (χ0) is 9.19. The first kappa shape index (κ1) is 10.1. The largest absolute Gasteiger partial charge is 0.109 e. The number of hydrogen-bond acceptors (Lipinski definition) is 0. The molecule has 1 rings (SSSR count). The molecule has 0 heterocycles. The molecule has 0 aromatic rings. The standard InChI is InChI=1S/C11H23B/c1-4-11(3,12)8-9(2)10-6-5-7-10/h9-10H,4-8,12H2,1-3H3. The summed E-state index contributed by atoms with van der Waals surface area (Å²) < 4.78 is 0. The van der Waals surface area contributed by atoms with E-state index in [9.17, 15) is 0 Å². The Kier molecular flexibility index (Phi) is 3.26. The molecule has 0 aromatic carbocycles. The van der Waals surface area contributed by atoms with Gasteiger partial charge in [-0.2, -0.15) is 0 Å². The minimum absolute atomic E-state index is 0.578. The van der Waals surface area contributed by atoms with Crippen LogP contribution in [-0.4, -0.2) is 7.85 Å². The second-order valence-corrected chi connectivity index (χ2v) is 5.39. The summed E-state index contributed by atoms with van der Waals surface area (Å²) in [5.74, 6) is 2.03. The Morgan fingerprint density at radius 1 is 1.50 bits per heavy atom. The molecule has 1 fully saturated rings. The Bertz CT molecular complexity index is 136. The van der Waals surface area contributed by atoms with Gasteiger partial charge < -0.3 is 0 Å². The van der Waals surface area contributed by atoms with E-state index in [0.29, 0.717) is 5.31 Å². The van der Waals surface area contributed by atoms with E-state index in [1.807, 2.05) is 0 Å². The van der Waals surface area contributed by atoms with Crippen LogP contribution in [0.15, 0.2) is 0 Å². The van der Waals surface area contributed by atoms with Crippen LogP contribution in [0.4, 0.5) is 0 Å². The van der Waals surface area contributed by atoms with E-state index in [1.54, 1.807) is 0 Å². The van der Waals surface area contributed by atoms with Crippen LogP contribution >= 0.6 is 0 Å². The minimum Gasteiger partial charge on any atom is -0.0669 e. The van der Waals surface area contributed by atoms with Crippen LogP contribution in [0.25, 0.3) is 0 Å². The van der Waals surface area contributed by atoms with Crippen LogP contribution < -0.4 is 0 Å². The first-order valence-electron chi connectivity index (χ1n) is 5.55. The van der Waals surface area contributed by atoms with Crippen molar-refractivity contribution < 1.29 is 0 Å². The second kappa shape index (κ2) is 3.85. The molecule has 12 heavy (non-hydrogen) atoms. The van der Waals surface area contributed by atoms with E-state index in [0.717, 1.165) is 11.8 Å². The fourth-order valence-electron chi connectivity index (χ4n) is 2.19. The normalized spacial score (nSPS) is 25.9. The van der Waals surface area contributed by atoms with E-state index < -0.39 is 0 Å². The zero-order valence-electron chi connectivity index (χ0n) is 9.19. The fourth-order valence-corrected chi connectivity index (χ4v) is 2.19. The Balaban J connectivity index is 2.28. The maximum absolute atomic E-state index is 2.45. The summed E-state index contributed by atoms with van der Waals surface area (Å²) in [7, 11) is 2.40. The maximum atomic E-state index is 2.45. The highest BCUT2D eigenvalue weighted by molar-refractivity contribution is 6.14. The molecule has 0 spiro atoms. The molecule has 70 valence electrons. The molecule has 0 nitrogen and oxygen atoms in total. The summed E-state index contributed by atoms with van der Waals surface area (Å²) in [5.41, 5.74) is 0. The Hall–Kier alpha value is 0.0649. The fraction of sp³-hybridized carbons (Fsp3) is 1.00. The topological polar surface area (TPSA) is 0 Å². The lowest BCUT2D eigenvalue weighted by Gasteiger charge is -2.36. The molecule has 0 radical (unpaired) electrons. The highest BCUT2D eigenvalue weighted by Gasteiger charge is 2.28. The average molecular weight is 166 g/mol. The van der Waals surface area contributed by atoms with Crippen molar-refractivity contribution in [3.63, 3.8) is 0 Å². The van der Waals surface area contributed by atoms with Gasteiger partial charge in [0.25, 0.3) is 0 Å². The van der Waals surface area contributed by atoms with Gasteiger partial charge in [0.1, 0.15) is 7.85 Å². The van der Waals surface area contributed by atoms with Crippen LogP contribution in [0.2, 0.25) is 5.31 Å². The van der Waals surface area contributed by atoms with E-state index >= 15 is 0 Å². The van der Waals surface area contributed by atoms with E-state index in [4.69, 9.17) is 0 Å². The van der Waals surface area contributed by atoms with Crippen molar-refractivity contribution in [1.29, 1.82) is 0 Å². The van der Waals surface area contributed by atoms with Crippen molar-refractivity contribution in [2.45, 2.75) is 58.2 Å². The summed E-state index contributed by atoms with van der Waals surface area (Å²) in [4.78, 5) is 0. The van der Waals surface area contributed by atoms with Crippen LogP contribution in [0.1, 0.15) is 52.9 Å². The third kappa shape index (κ3) is 2.53. The Morgan fingerprint density at radius 2 is 2.08 bits per heavy atom. The predicted molar refractivity (Wildman–Crippen MR) is 58.3 cm³/mol. The van der Waals surface area contributed by atoms with Gasteiger partial charge in [-0.1, -0.05) is 58.2 Å². The molecular formula is C11H23B. The number of rotatable bonds is 4. The molecule has 1 heteroatoms. The third-order valence-electron chi connectivity index (χ3n) is 3.79. The van der Waals surface area contributed by atoms with E-state index in [-0.39, 0.29) is 0 Å². The van der Waals surface area contributed by atoms with Crippen molar-refractivity contribution in [2.75, 3.05) is 0 Å². The predicted octanol–water partition coefficient (Wildman–Crippen LogP) is 3.03. The van der Waals surface area contributed by atoms with Gasteiger partial charge in [0.05, 0.1) is 0 Å². The smallest absolute Gasteiger partial charge is 0.0669 e.